The second-order valence-corrected chi connectivity index (χ2v) is 4.62. The molecular weight excluding hydrogens is 270 g/mol. The normalized spacial score (nSPS) is 11.8. The van der Waals surface area contributed by atoms with Crippen molar-refractivity contribution < 1.29 is 19.4 Å². The van der Waals surface area contributed by atoms with E-state index < -0.39 is 11.9 Å². The molecule has 0 spiro atoms. The number of aliphatic carboxylic acids is 1. The number of methoxy groups -OCH3 is 1. The standard InChI is InChI=1S/C13H16ClNO4/c1-8(13(17)18)7-15(9(2)16)11-6-10(14)4-5-12(11)19-3/h4-6,8H,7H2,1-3H3,(H,17,18). The van der Waals surface area contributed by atoms with Crippen LogP contribution in [0.4, 0.5) is 5.69 Å². The molecule has 0 heterocycles. The molecule has 1 N–H and O–H groups in total. The largest absolute Gasteiger partial charge is 0.495 e. The molecule has 0 radical (unpaired) electrons. The summed E-state index contributed by atoms with van der Waals surface area (Å²) < 4.78 is 5.17. The number of halogens is 1. The van der Waals surface area contributed by atoms with Crippen molar-refractivity contribution in [1.82, 2.24) is 0 Å². The van der Waals surface area contributed by atoms with Gasteiger partial charge in [-0.25, -0.2) is 0 Å². The molecule has 104 valence electrons. The van der Waals surface area contributed by atoms with E-state index in [2.05, 4.69) is 0 Å². The third kappa shape index (κ3) is 3.86. The van der Waals surface area contributed by atoms with E-state index in [9.17, 15) is 9.59 Å². The van der Waals surface area contributed by atoms with Gasteiger partial charge in [0.2, 0.25) is 5.91 Å². The summed E-state index contributed by atoms with van der Waals surface area (Å²) in [5.41, 5.74) is 0.468. The van der Waals surface area contributed by atoms with Crippen LogP contribution in [-0.2, 0) is 9.59 Å². The van der Waals surface area contributed by atoms with E-state index in [1.54, 1.807) is 18.2 Å². The van der Waals surface area contributed by atoms with E-state index in [1.807, 2.05) is 0 Å². The van der Waals surface area contributed by atoms with Gasteiger partial charge in [-0.05, 0) is 18.2 Å². The lowest BCUT2D eigenvalue weighted by Gasteiger charge is -2.25. The topological polar surface area (TPSA) is 66.8 Å². The Bertz CT molecular complexity index is 490. The number of hydrogen-bond donors (Lipinski definition) is 1. The Labute approximate surface area is 116 Å². The molecule has 0 bridgehead atoms. The van der Waals surface area contributed by atoms with E-state index in [0.717, 1.165) is 0 Å². The molecule has 0 aliphatic carbocycles. The smallest absolute Gasteiger partial charge is 0.308 e. The van der Waals surface area contributed by atoms with Gasteiger partial charge in [0.1, 0.15) is 5.75 Å². The lowest BCUT2D eigenvalue weighted by Crippen LogP contribution is -2.35. The number of benzene rings is 1. The highest BCUT2D eigenvalue weighted by Crippen LogP contribution is 2.31. The number of amides is 1. The number of carbonyl (C=O) groups excluding carboxylic acids is 1. The number of rotatable bonds is 5. The van der Waals surface area contributed by atoms with Gasteiger partial charge in [-0.15, -0.1) is 0 Å². The van der Waals surface area contributed by atoms with Gasteiger partial charge < -0.3 is 14.7 Å². The number of carbonyl (C=O) groups is 2. The van der Waals surface area contributed by atoms with Gasteiger partial charge in [0, 0.05) is 18.5 Å². The zero-order chi connectivity index (χ0) is 14.6. The fourth-order valence-corrected chi connectivity index (χ4v) is 1.79. The fraction of sp³-hybridized carbons (Fsp3) is 0.385. The predicted molar refractivity (Wildman–Crippen MR) is 72.8 cm³/mol. The minimum absolute atomic E-state index is 0.0569. The van der Waals surface area contributed by atoms with E-state index in [4.69, 9.17) is 21.4 Å². The summed E-state index contributed by atoms with van der Waals surface area (Å²) in [5.74, 6) is -1.45. The maximum absolute atomic E-state index is 11.7. The molecular formula is C13H16ClNO4. The van der Waals surface area contributed by atoms with Crippen molar-refractivity contribution >= 4 is 29.2 Å². The number of carboxylic acid groups (broad SMARTS) is 1. The molecule has 1 unspecified atom stereocenters. The number of hydrogen-bond acceptors (Lipinski definition) is 3. The van der Waals surface area contributed by atoms with Crippen LogP contribution in [0.5, 0.6) is 5.75 Å². The number of anilines is 1. The third-order valence-electron chi connectivity index (χ3n) is 2.69. The van der Waals surface area contributed by atoms with Gasteiger partial charge in [0.15, 0.2) is 0 Å². The van der Waals surface area contributed by atoms with Crippen molar-refractivity contribution in [3.05, 3.63) is 23.2 Å². The van der Waals surface area contributed by atoms with E-state index >= 15 is 0 Å². The van der Waals surface area contributed by atoms with Crippen LogP contribution in [0.2, 0.25) is 5.02 Å². The second kappa shape index (κ2) is 6.43. The van der Waals surface area contributed by atoms with Gasteiger partial charge in [0.05, 0.1) is 18.7 Å². The van der Waals surface area contributed by atoms with Gasteiger partial charge in [-0.1, -0.05) is 18.5 Å². The minimum Gasteiger partial charge on any atom is -0.495 e. The minimum atomic E-state index is -0.966. The zero-order valence-electron chi connectivity index (χ0n) is 11.0. The van der Waals surface area contributed by atoms with Gasteiger partial charge in [-0.3, -0.25) is 9.59 Å². The van der Waals surface area contributed by atoms with Gasteiger partial charge >= 0.3 is 5.97 Å². The number of ether oxygens (including phenoxy) is 1. The van der Waals surface area contributed by atoms with Crippen molar-refractivity contribution in [3.8, 4) is 5.75 Å². The maximum atomic E-state index is 11.7. The van der Waals surface area contributed by atoms with Crippen LogP contribution < -0.4 is 9.64 Å². The Morgan fingerprint density at radius 1 is 1.47 bits per heavy atom. The van der Waals surface area contributed by atoms with Crippen LogP contribution in [0.3, 0.4) is 0 Å². The first-order valence-corrected chi connectivity index (χ1v) is 6.09. The lowest BCUT2D eigenvalue weighted by atomic mass is 10.1. The SMILES string of the molecule is COc1ccc(Cl)cc1N(CC(C)C(=O)O)C(C)=O. The Morgan fingerprint density at radius 3 is 2.58 bits per heavy atom. The van der Waals surface area contributed by atoms with E-state index in [1.165, 1.54) is 25.9 Å². The first-order chi connectivity index (χ1) is 8.86. The molecule has 5 nitrogen and oxygen atoms in total. The van der Waals surface area contributed by atoms with Crippen molar-refractivity contribution in [3.63, 3.8) is 0 Å². The summed E-state index contributed by atoms with van der Waals surface area (Å²) in [4.78, 5) is 24.0. The Balaban J connectivity index is 3.15. The summed E-state index contributed by atoms with van der Waals surface area (Å²) in [6, 6.07) is 4.86. The summed E-state index contributed by atoms with van der Waals surface area (Å²) >= 11 is 5.91. The number of nitrogens with zero attached hydrogens (tertiary/aromatic N) is 1. The van der Waals surface area contributed by atoms with Crippen LogP contribution in [0.1, 0.15) is 13.8 Å². The highest BCUT2D eigenvalue weighted by molar-refractivity contribution is 6.31. The van der Waals surface area contributed by atoms with Crippen LogP contribution in [0.15, 0.2) is 18.2 Å². The Hall–Kier alpha value is -1.75. The molecule has 0 saturated carbocycles. The molecule has 1 atom stereocenters. The Kier molecular flexibility index (Phi) is 5.18. The first-order valence-electron chi connectivity index (χ1n) is 5.71. The molecule has 1 rings (SSSR count). The maximum Gasteiger partial charge on any atom is 0.308 e. The Morgan fingerprint density at radius 2 is 2.11 bits per heavy atom. The molecule has 1 aromatic carbocycles. The summed E-state index contributed by atoms with van der Waals surface area (Å²) in [7, 11) is 1.48. The second-order valence-electron chi connectivity index (χ2n) is 4.19. The van der Waals surface area contributed by atoms with Gasteiger partial charge in [-0.2, -0.15) is 0 Å². The van der Waals surface area contributed by atoms with Crippen LogP contribution in [-0.4, -0.2) is 30.6 Å². The van der Waals surface area contributed by atoms with Crippen molar-refractivity contribution in [2.75, 3.05) is 18.6 Å². The van der Waals surface area contributed by atoms with E-state index in [-0.39, 0.29) is 12.5 Å². The highest BCUT2D eigenvalue weighted by atomic mass is 35.5. The molecule has 0 aliphatic heterocycles. The third-order valence-corrected chi connectivity index (χ3v) is 2.92. The molecule has 1 amide bonds. The molecule has 19 heavy (non-hydrogen) atoms. The molecule has 0 saturated heterocycles. The summed E-state index contributed by atoms with van der Waals surface area (Å²) in [6.45, 7) is 2.96. The molecule has 1 aromatic rings. The van der Waals surface area contributed by atoms with E-state index in [0.29, 0.717) is 16.5 Å². The quantitative estimate of drug-likeness (QED) is 0.902. The van der Waals surface area contributed by atoms with Crippen LogP contribution in [0.25, 0.3) is 0 Å². The summed E-state index contributed by atoms with van der Waals surface area (Å²) in [6.07, 6.45) is 0. The monoisotopic (exact) mass is 285 g/mol. The van der Waals surface area contributed by atoms with Crippen molar-refractivity contribution in [2.24, 2.45) is 5.92 Å². The fourth-order valence-electron chi connectivity index (χ4n) is 1.62. The van der Waals surface area contributed by atoms with Crippen LogP contribution in [0, 0.1) is 5.92 Å². The predicted octanol–water partition coefficient (Wildman–Crippen LogP) is 2.42. The molecule has 0 aliphatic rings. The average molecular weight is 286 g/mol. The van der Waals surface area contributed by atoms with Gasteiger partial charge in [0.25, 0.3) is 0 Å². The average Bonchev–Trinajstić information content (AvgIpc) is 2.34. The first kappa shape index (κ1) is 15.3. The summed E-state index contributed by atoms with van der Waals surface area (Å²) in [5, 5.41) is 9.39. The van der Waals surface area contributed by atoms with Crippen molar-refractivity contribution in [2.45, 2.75) is 13.8 Å². The molecule has 0 aromatic heterocycles. The highest BCUT2D eigenvalue weighted by Gasteiger charge is 2.22. The lowest BCUT2D eigenvalue weighted by molar-refractivity contribution is -0.140. The van der Waals surface area contributed by atoms with Crippen LogP contribution >= 0.6 is 11.6 Å². The zero-order valence-corrected chi connectivity index (χ0v) is 11.8. The molecule has 0 fully saturated rings. The van der Waals surface area contributed by atoms with Crippen molar-refractivity contribution in [1.29, 1.82) is 0 Å². The molecule has 6 heteroatoms. The number of carboxylic acids is 1.